The molecule has 0 bridgehead atoms. The van der Waals surface area contributed by atoms with E-state index in [1.165, 1.54) is 122 Å². The van der Waals surface area contributed by atoms with Gasteiger partial charge in [0.15, 0.2) is 12.6 Å². The second-order valence-electron chi connectivity index (χ2n) is 17.6. The number of hydrogen-bond acceptors (Lipinski definition) is 13. The molecule has 2 heterocycles. The first-order valence-electron chi connectivity index (χ1n) is 24.4. The number of unbranched alkanes of at least 4 members (excludes halogenated alkanes) is 24. The lowest BCUT2D eigenvalue weighted by molar-refractivity contribution is -0.359. The largest absolute Gasteiger partial charge is 0.394 e. The van der Waals surface area contributed by atoms with Crippen molar-refractivity contribution in [1.29, 1.82) is 0 Å². The van der Waals surface area contributed by atoms with Gasteiger partial charge in [0, 0.05) is 6.42 Å². The van der Waals surface area contributed by atoms with Crippen LogP contribution in [0.25, 0.3) is 0 Å². The zero-order valence-corrected chi connectivity index (χ0v) is 37.9. The number of amides is 1. The molecular weight excluding hydrogens is 787 g/mol. The predicted octanol–water partition coefficient (Wildman–Crippen LogP) is 5.60. The molecule has 9 N–H and O–H groups in total. The van der Waals surface area contributed by atoms with Gasteiger partial charge < -0.3 is 65.1 Å². The average Bonchev–Trinajstić information content (AvgIpc) is 3.26. The monoisotopic (exact) mass is 876 g/mol. The van der Waals surface area contributed by atoms with Crippen molar-refractivity contribution in [2.75, 3.05) is 19.8 Å². The summed E-state index contributed by atoms with van der Waals surface area (Å²) >= 11 is 0. The molecule has 1 amide bonds. The highest BCUT2D eigenvalue weighted by Crippen LogP contribution is 2.30. The molecule has 0 aromatic carbocycles. The van der Waals surface area contributed by atoms with E-state index in [0.717, 1.165) is 38.5 Å². The van der Waals surface area contributed by atoms with Crippen molar-refractivity contribution >= 4 is 5.91 Å². The molecule has 2 aliphatic heterocycles. The smallest absolute Gasteiger partial charge is 0.220 e. The lowest BCUT2D eigenvalue weighted by Gasteiger charge is -2.46. The maximum Gasteiger partial charge on any atom is 0.220 e. The molecule has 0 aliphatic carbocycles. The maximum absolute atomic E-state index is 13.1. The first-order chi connectivity index (χ1) is 29.6. The first kappa shape index (κ1) is 55.9. The van der Waals surface area contributed by atoms with Crippen LogP contribution in [0.1, 0.15) is 187 Å². The van der Waals surface area contributed by atoms with Gasteiger partial charge in [0.05, 0.1) is 32.0 Å². The van der Waals surface area contributed by atoms with Gasteiger partial charge in [0.2, 0.25) is 5.91 Å². The summed E-state index contributed by atoms with van der Waals surface area (Å²) in [6, 6.07) is -0.906. The minimum Gasteiger partial charge on any atom is -0.394 e. The number of aliphatic hydroxyl groups is 8. The Morgan fingerprint density at radius 3 is 1.51 bits per heavy atom. The molecule has 0 radical (unpaired) electrons. The van der Waals surface area contributed by atoms with Crippen LogP contribution in [0.15, 0.2) is 12.2 Å². The van der Waals surface area contributed by atoms with Gasteiger partial charge in [-0.05, 0) is 19.3 Å². The molecule has 0 spiro atoms. The fourth-order valence-corrected chi connectivity index (χ4v) is 8.17. The number of ether oxygens (including phenoxy) is 4. The Kier molecular flexibility index (Phi) is 32.1. The van der Waals surface area contributed by atoms with Gasteiger partial charge in [-0.1, -0.05) is 174 Å². The van der Waals surface area contributed by atoms with E-state index in [9.17, 15) is 45.6 Å². The standard InChI is InChI=1S/C47H89NO13/c1-3-5-7-9-11-13-15-16-17-18-19-21-22-24-26-28-30-36(51)35(48-39(52)31-29-27-25-23-20-14-12-10-8-6-4-2)34-58-46-44(57)42(55)45(38(33-50)60-46)61-47-43(56)41(54)40(53)37(32-49)59-47/h28,30,35-38,40-47,49-51,53-57H,3-27,29,31-34H2,1-2H3,(H,48,52)/b30-28+/t35-,36+,37+,38+,40-,41?,42?,43?,44?,45+,46+,47-/m0/s1. The minimum atomic E-state index is -1.78. The van der Waals surface area contributed by atoms with Crippen LogP contribution in [0, 0.1) is 0 Å². The van der Waals surface area contributed by atoms with Gasteiger partial charge >= 0.3 is 0 Å². The number of carbonyl (C=O) groups is 1. The van der Waals surface area contributed by atoms with E-state index >= 15 is 0 Å². The minimum absolute atomic E-state index is 0.240. The van der Waals surface area contributed by atoms with Crippen molar-refractivity contribution < 1.29 is 64.6 Å². The van der Waals surface area contributed by atoms with Crippen LogP contribution < -0.4 is 5.32 Å². The summed E-state index contributed by atoms with van der Waals surface area (Å²) in [6.07, 6.45) is 18.2. The second-order valence-corrected chi connectivity index (χ2v) is 17.6. The van der Waals surface area contributed by atoms with Crippen LogP contribution in [0.3, 0.4) is 0 Å². The van der Waals surface area contributed by atoms with Crippen molar-refractivity contribution in [2.45, 2.75) is 261 Å². The highest BCUT2D eigenvalue weighted by molar-refractivity contribution is 5.76. The summed E-state index contributed by atoms with van der Waals surface area (Å²) in [5.74, 6) is -0.240. The van der Waals surface area contributed by atoms with Crippen molar-refractivity contribution in [3.05, 3.63) is 12.2 Å². The number of rotatable bonds is 37. The number of allylic oxidation sites excluding steroid dienone is 1. The normalized spacial score (nSPS) is 28.0. The van der Waals surface area contributed by atoms with Crippen molar-refractivity contribution in [2.24, 2.45) is 0 Å². The molecule has 360 valence electrons. The molecule has 61 heavy (non-hydrogen) atoms. The third kappa shape index (κ3) is 23.0. The fraction of sp³-hybridized carbons (Fsp3) is 0.936. The Morgan fingerprint density at radius 1 is 0.574 bits per heavy atom. The van der Waals surface area contributed by atoms with Gasteiger partial charge in [-0.3, -0.25) is 4.79 Å². The number of aliphatic hydroxyl groups excluding tert-OH is 8. The van der Waals surface area contributed by atoms with E-state index in [2.05, 4.69) is 19.2 Å². The van der Waals surface area contributed by atoms with Crippen LogP contribution >= 0.6 is 0 Å². The molecule has 14 heteroatoms. The highest BCUT2D eigenvalue weighted by atomic mass is 16.7. The molecule has 12 atom stereocenters. The van der Waals surface area contributed by atoms with Gasteiger partial charge in [0.25, 0.3) is 0 Å². The van der Waals surface area contributed by atoms with E-state index in [1.807, 2.05) is 6.08 Å². The van der Waals surface area contributed by atoms with Crippen molar-refractivity contribution in [1.82, 2.24) is 5.32 Å². The predicted molar refractivity (Wildman–Crippen MR) is 235 cm³/mol. The Morgan fingerprint density at radius 2 is 1.02 bits per heavy atom. The summed E-state index contributed by atoms with van der Waals surface area (Å²) in [6.45, 7) is 2.77. The van der Waals surface area contributed by atoms with Crippen LogP contribution in [0.5, 0.6) is 0 Å². The van der Waals surface area contributed by atoms with Gasteiger partial charge in [-0.2, -0.15) is 0 Å². The van der Waals surface area contributed by atoms with E-state index < -0.39 is 86.8 Å². The quantitative estimate of drug-likeness (QED) is 0.0274. The van der Waals surface area contributed by atoms with Crippen LogP contribution in [0.4, 0.5) is 0 Å². The number of hydrogen-bond donors (Lipinski definition) is 9. The molecule has 2 fully saturated rings. The summed E-state index contributed by atoms with van der Waals surface area (Å²) < 4.78 is 22.6. The summed E-state index contributed by atoms with van der Waals surface area (Å²) in [5, 5.41) is 86.6. The zero-order chi connectivity index (χ0) is 44.7. The van der Waals surface area contributed by atoms with E-state index in [0.29, 0.717) is 6.42 Å². The molecule has 0 saturated carbocycles. The fourth-order valence-electron chi connectivity index (χ4n) is 8.17. The van der Waals surface area contributed by atoms with Crippen LogP contribution in [-0.2, 0) is 23.7 Å². The molecule has 4 unspecified atom stereocenters. The SMILES string of the molecule is CCCCCCCCCCCCCCCC/C=C/[C@@H](O)[C@H](CO[C@@H]1O[C@H](CO)[C@@H](O[C@@H]2O[C@H](CO)[C@H](O)C(O)C2O)C(O)C1O)NC(=O)CCCCCCCCCCCCC. The van der Waals surface area contributed by atoms with Gasteiger partial charge in [0.1, 0.15) is 48.8 Å². The topological polar surface area (TPSA) is 228 Å². The molecule has 2 aliphatic rings. The first-order valence-corrected chi connectivity index (χ1v) is 24.4. The summed E-state index contributed by atoms with van der Waals surface area (Å²) in [5.41, 5.74) is 0. The Labute approximate surface area is 367 Å². The molecule has 2 rings (SSSR count). The van der Waals surface area contributed by atoms with E-state index in [1.54, 1.807) is 6.08 Å². The Balaban J connectivity index is 1.87. The molecule has 0 aromatic rings. The Bertz CT molecular complexity index is 1080. The van der Waals surface area contributed by atoms with Crippen molar-refractivity contribution in [3.63, 3.8) is 0 Å². The lowest BCUT2D eigenvalue weighted by Crippen LogP contribution is -2.65. The number of carbonyl (C=O) groups excluding carboxylic acids is 1. The van der Waals surface area contributed by atoms with E-state index in [4.69, 9.17) is 18.9 Å². The van der Waals surface area contributed by atoms with Crippen LogP contribution in [0.2, 0.25) is 0 Å². The third-order valence-corrected chi connectivity index (χ3v) is 12.2. The third-order valence-electron chi connectivity index (χ3n) is 12.2. The average molecular weight is 876 g/mol. The molecule has 0 aromatic heterocycles. The summed E-state index contributed by atoms with van der Waals surface area (Å²) in [4.78, 5) is 13.1. The molecule has 2 saturated heterocycles. The second kappa shape index (κ2) is 35.0. The van der Waals surface area contributed by atoms with Gasteiger partial charge in [-0.15, -0.1) is 0 Å². The highest BCUT2D eigenvalue weighted by Gasteiger charge is 2.51. The van der Waals surface area contributed by atoms with E-state index in [-0.39, 0.29) is 18.9 Å². The van der Waals surface area contributed by atoms with Crippen molar-refractivity contribution in [3.8, 4) is 0 Å². The number of nitrogens with one attached hydrogen (secondary N) is 1. The summed E-state index contributed by atoms with van der Waals surface area (Å²) in [7, 11) is 0. The lowest BCUT2D eigenvalue weighted by atomic mass is 9.97. The van der Waals surface area contributed by atoms with Crippen LogP contribution in [-0.4, -0.2) is 140 Å². The maximum atomic E-state index is 13.1. The molecule has 14 nitrogen and oxygen atoms in total. The Hall–Kier alpha value is -1.27. The zero-order valence-electron chi connectivity index (χ0n) is 37.9. The van der Waals surface area contributed by atoms with Gasteiger partial charge in [-0.25, -0.2) is 0 Å². The molecular formula is C47H89NO13.